The number of rotatable bonds is 12. The van der Waals surface area contributed by atoms with Crippen molar-refractivity contribution < 1.29 is 23.8 Å². The van der Waals surface area contributed by atoms with Gasteiger partial charge in [0.2, 0.25) is 0 Å². The Morgan fingerprint density at radius 2 is 1.19 bits per heavy atom. The molecule has 124 valence electrons. The Labute approximate surface area is 143 Å². The van der Waals surface area contributed by atoms with E-state index in [-0.39, 0.29) is 34.8 Å². The van der Waals surface area contributed by atoms with Crippen molar-refractivity contribution in [1.82, 2.24) is 0 Å². The summed E-state index contributed by atoms with van der Waals surface area (Å²) in [4.78, 5) is 23.0. The van der Waals surface area contributed by atoms with Crippen LogP contribution in [0.3, 0.4) is 0 Å². The van der Waals surface area contributed by atoms with Crippen molar-refractivity contribution in [3.05, 3.63) is 0 Å². The molecule has 0 spiro atoms. The molecule has 5 nitrogen and oxygen atoms in total. The smallest absolute Gasteiger partial charge is 0.306 e. The van der Waals surface area contributed by atoms with Crippen molar-refractivity contribution in [3.8, 4) is 0 Å². The normalized spacial score (nSPS) is 13.5. The molecular weight excluding hydrogens is 408 g/mol. The van der Waals surface area contributed by atoms with Crippen LogP contribution >= 0.6 is 31.9 Å². The Bertz CT molecular complexity index is 271. The summed E-state index contributed by atoms with van der Waals surface area (Å²) in [6.07, 6.45) is 2.48. The lowest BCUT2D eigenvalue weighted by atomic mass is 10.2. The van der Waals surface area contributed by atoms with Gasteiger partial charge in [0, 0.05) is 9.65 Å². The number of alkyl halides is 2. The summed E-state index contributed by atoms with van der Waals surface area (Å²) in [6.45, 7) is 5.03. The van der Waals surface area contributed by atoms with E-state index in [1.807, 2.05) is 13.8 Å². The number of halogens is 2. The predicted molar refractivity (Wildman–Crippen MR) is 88.0 cm³/mol. The second kappa shape index (κ2) is 13.5. The van der Waals surface area contributed by atoms with Gasteiger partial charge in [-0.2, -0.15) is 0 Å². The van der Waals surface area contributed by atoms with Gasteiger partial charge in [-0.05, 0) is 12.8 Å². The van der Waals surface area contributed by atoms with Crippen LogP contribution in [0.2, 0.25) is 0 Å². The molecule has 2 atom stereocenters. The molecule has 0 rings (SSSR count). The highest BCUT2D eigenvalue weighted by Gasteiger charge is 2.10. The fourth-order valence-corrected chi connectivity index (χ4v) is 1.83. The maximum absolute atomic E-state index is 11.3. The van der Waals surface area contributed by atoms with E-state index in [0.29, 0.717) is 26.1 Å². The summed E-state index contributed by atoms with van der Waals surface area (Å²) >= 11 is 6.74. The van der Waals surface area contributed by atoms with Gasteiger partial charge in [0.1, 0.15) is 13.2 Å². The van der Waals surface area contributed by atoms with E-state index >= 15 is 0 Å². The lowest BCUT2D eigenvalue weighted by Gasteiger charge is -2.09. The molecule has 0 N–H and O–H groups in total. The molecule has 21 heavy (non-hydrogen) atoms. The number of hydrogen-bond acceptors (Lipinski definition) is 5. The van der Waals surface area contributed by atoms with Crippen LogP contribution in [0.1, 0.15) is 39.5 Å². The van der Waals surface area contributed by atoms with Crippen LogP contribution in [0.15, 0.2) is 0 Å². The topological polar surface area (TPSA) is 61.8 Å². The molecule has 0 aromatic heterocycles. The molecule has 0 radical (unpaired) electrons. The van der Waals surface area contributed by atoms with Crippen LogP contribution in [0.5, 0.6) is 0 Å². The molecule has 0 aromatic carbocycles. The maximum atomic E-state index is 11.3. The van der Waals surface area contributed by atoms with E-state index in [0.717, 1.165) is 12.8 Å². The molecule has 0 aliphatic heterocycles. The van der Waals surface area contributed by atoms with E-state index in [1.54, 1.807) is 0 Å². The van der Waals surface area contributed by atoms with Crippen molar-refractivity contribution in [2.75, 3.05) is 26.4 Å². The third-order valence-electron chi connectivity index (χ3n) is 2.64. The van der Waals surface area contributed by atoms with Crippen molar-refractivity contribution >= 4 is 43.8 Å². The van der Waals surface area contributed by atoms with Crippen molar-refractivity contribution in [2.45, 2.75) is 49.2 Å². The van der Waals surface area contributed by atoms with Crippen LogP contribution < -0.4 is 0 Å². The second-order valence-corrected chi connectivity index (χ2v) is 7.06. The Balaban J connectivity index is 3.40. The zero-order valence-electron chi connectivity index (χ0n) is 12.6. The molecule has 0 aliphatic carbocycles. The number of carbonyl (C=O) groups excluding carboxylic acids is 2. The third kappa shape index (κ3) is 13.3. The SMILES string of the molecule is CCC(Br)CC(=O)OCCOCCOC(=O)CC(Br)CC. The van der Waals surface area contributed by atoms with Crippen LogP contribution in [0, 0.1) is 0 Å². The van der Waals surface area contributed by atoms with Gasteiger partial charge in [-0.3, -0.25) is 9.59 Å². The first-order valence-electron chi connectivity index (χ1n) is 7.16. The first-order chi connectivity index (χ1) is 9.99. The second-order valence-electron chi connectivity index (χ2n) is 4.47. The lowest BCUT2D eigenvalue weighted by molar-refractivity contribution is -0.146. The molecular formula is C14H24Br2O5. The third-order valence-corrected chi connectivity index (χ3v) is 4.59. The fourth-order valence-electron chi connectivity index (χ4n) is 1.30. The number of esters is 2. The Morgan fingerprint density at radius 3 is 1.52 bits per heavy atom. The Morgan fingerprint density at radius 1 is 0.810 bits per heavy atom. The zero-order valence-corrected chi connectivity index (χ0v) is 15.8. The number of carbonyl (C=O) groups is 2. The van der Waals surface area contributed by atoms with Crippen LogP contribution in [0.25, 0.3) is 0 Å². The molecule has 0 saturated heterocycles. The molecule has 0 aromatic rings. The monoisotopic (exact) mass is 430 g/mol. The highest BCUT2D eigenvalue weighted by molar-refractivity contribution is 9.09. The van der Waals surface area contributed by atoms with Crippen LogP contribution in [-0.2, 0) is 23.8 Å². The maximum Gasteiger partial charge on any atom is 0.306 e. The summed E-state index contributed by atoms with van der Waals surface area (Å²) in [5.41, 5.74) is 0. The van der Waals surface area contributed by atoms with Gasteiger partial charge in [-0.1, -0.05) is 45.7 Å². The quantitative estimate of drug-likeness (QED) is 0.269. The molecule has 0 bridgehead atoms. The van der Waals surface area contributed by atoms with Gasteiger partial charge in [-0.25, -0.2) is 0 Å². The minimum atomic E-state index is -0.239. The molecule has 2 unspecified atom stereocenters. The molecule has 0 amide bonds. The van der Waals surface area contributed by atoms with E-state index in [9.17, 15) is 9.59 Å². The fraction of sp³-hybridized carbons (Fsp3) is 0.857. The molecule has 0 aliphatic rings. The van der Waals surface area contributed by atoms with Gasteiger partial charge >= 0.3 is 11.9 Å². The van der Waals surface area contributed by atoms with E-state index in [1.165, 1.54) is 0 Å². The summed E-state index contributed by atoms with van der Waals surface area (Å²) in [5.74, 6) is -0.478. The van der Waals surface area contributed by atoms with Gasteiger partial charge in [0.05, 0.1) is 26.1 Å². The van der Waals surface area contributed by atoms with Crippen LogP contribution in [0.4, 0.5) is 0 Å². The molecule has 7 heteroatoms. The molecule has 0 saturated carbocycles. The highest BCUT2D eigenvalue weighted by Crippen LogP contribution is 2.10. The summed E-state index contributed by atoms with van der Waals surface area (Å²) in [7, 11) is 0. The minimum absolute atomic E-state index is 0.159. The first-order valence-corrected chi connectivity index (χ1v) is 8.99. The van der Waals surface area contributed by atoms with Crippen molar-refractivity contribution in [1.29, 1.82) is 0 Å². The van der Waals surface area contributed by atoms with Crippen molar-refractivity contribution in [2.24, 2.45) is 0 Å². The van der Waals surface area contributed by atoms with E-state index < -0.39 is 0 Å². The lowest BCUT2D eigenvalue weighted by Crippen LogP contribution is -2.17. The molecule has 0 heterocycles. The minimum Gasteiger partial charge on any atom is -0.463 e. The average Bonchev–Trinajstić information content (AvgIpc) is 2.45. The largest absolute Gasteiger partial charge is 0.463 e. The predicted octanol–water partition coefficient (Wildman–Crippen LogP) is 3.22. The Hall–Kier alpha value is -0.140. The van der Waals surface area contributed by atoms with Gasteiger partial charge in [-0.15, -0.1) is 0 Å². The molecule has 0 fully saturated rings. The highest BCUT2D eigenvalue weighted by atomic mass is 79.9. The zero-order chi connectivity index (χ0) is 16.1. The number of hydrogen-bond donors (Lipinski definition) is 0. The van der Waals surface area contributed by atoms with Gasteiger partial charge in [0.15, 0.2) is 0 Å². The summed E-state index contributed by atoms with van der Waals surface area (Å²) in [6, 6.07) is 0. The standard InChI is InChI=1S/C14H24Br2O5/c1-3-11(15)9-13(17)20-7-5-19-6-8-21-14(18)10-12(16)4-2/h11-12H,3-10H2,1-2H3. The number of ether oxygens (including phenoxy) is 3. The Kier molecular flexibility index (Phi) is 13.4. The van der Waals surface area contributed by atoms with Crippen LogP contribution in [-0.4, -0.2) is 48.0 Å². The van der Waals surface area contributed by atoms with Crippen molar-refractivity contribution in [3.63, 3.8) is 0 Å². The first kappa shape index (κ1) is 20.9. The summed E-state index contributed by atoms with van der Waals surface area (Å²) < 4.78 is 15.2. The van der Waals surface area contributed by atoms with E-state index in [4.69, 9.17) is 14.2 Å². The van der Waals surface area contributed by atoms with Gasteiger partial charge in [0.25, 0.3) is 0 Å². The van der Waals surface area contributed by atoms with E-state index in [2.05, 4.69) is 31.9 Å². The van der Waals surface area contributed by atoms with Gasteiger partial charge < -0.3 is 14.2 Å². The summed E-state index contributed by atoms with van der Waals surface area (Å²) in [5, 5.41) is 0. The average molecular weight is 432 g/mol.